The maximum atomic E-state index is 9.11. The first-order valence-corrected chi connectivity index (χ1v) is 8.58. The van der Waals surface area contributed by atoms with Crippen molar-refractivity contribution in [2.24, 2.45) is 5.16 Å². The lowest BCUT2D eigenvalue weighted by atomic mass is 10.1. The fourth-order valence-electron chi connectivity index (χ4n) is 3.44. The average molecular weight is 357 g/mol. The number of rotatable bonds is 3. The standard InChI is InChI=1S/C20H15N5O2/c26-25-16-5-2-12-10-13(3-4-14(12)16)24-18-15-6-9-21-11-17(15)27-19(18)20-22-7-1-8-23-20/h1,3-4,6-11,24,26H,2,5H2/b25-16+. The lowest BCUT2D eigenvalue weighted by Crippen LogP contribution is -1.97. The monoisotopic (exact) mass is 357 g/mol. The number of anilines is 2. The van der Waals surface area contributed by atoms with Gasteiger partial charge in [-0.25, -0.2) is 9.97 Å². The molecule has 0 unspecified atom stereocenters. The zero-order chi connectivity index (χ0) is 18.2. The number of hydrogen-bond donors (Lipinski definition) is 2. The molecule has 7 heteroatoms. The van der Waals surface area contributed by atoms with E-state index < -0.39 is 0 Å². The van der Waals surface area contributed by atoms with Gasteiger partial charge in [0.25, 0.3) is 0 Å². The molecule has 0 spiro atoms. The van der Waals surface area contributed by atoms with Crippen molar-refractivity contribution in [1.82, 2.24) is 15.0 Å². The maximum absolute atomic E-state index is 9.11. The molecule has 0 saturated heterocycles. The van der Waals surface area contributed by atoms with E-state index in [0.29, 0.717) is 17.2 Å². The Balaban J connectivity index is 1.61. The summed E-state index contributed by atoms with van der Waals surface area (Å²) in [6.07, 6.45) is 8.38. The fourth-order valence-corrected chi connectivity index (χ4v) is 3.44. The van der Waals surface area contributed by atoms with Crippen molar-refractivity contribution < 1.29 is 9.62 Å². The number of hydrogen-bond acceptors (Lipinski definition) is 7. The molecule has 7 nitrogen and oxygen atoms in total. The summed E-state index contributed by atoms with van der Waals surface area (Å²) in [6.45, 7) is 0. The molecule has 2 N–H and O–H groups in total. The van der Waals surface area contributed by atoms with Gasteiger partial charge in [0.2, 0.25) is 0 Å². The molecule has 0 fully saturated rings. The molecule has 4 aromatic rings. The van der Waals surface area contributed by atoms with Crippen LogP contribution in [0.1, 0.15) is 17.5 Å². The Morgan fingerprint density at radius 3 is 2.81 bits per heavy atom. The maximum Gasteiger partial charge on any atom is 0.197 e. The van der Waals surface area contributed by atoms with E-state index in [1.165, 1.54) is 0 Å². The summed E-state index contributed by atoms with van der Waals surface area (Å²) in [6, 6.07) is 9.68. The number of benzene rings is 1. The molecule has 132 valence electrons. The minimum atomic E-state index is 0.507. The molecule has 0 radical (unpaired) electrons. The van der Waals surface area contributed by atoms with Crippen molar-refractivity contribution >= 4 is 28.1 Å². The Bertz CT molecular complexity index is 1170. The zero-order valence-electron chi connectivity index (χ0n) is 14.3. The minimum Gasteiger partial charge on any atom is -0.449 e. The van der Waals surface area contributed by atoms with Crippen LogP contribution in [0.4, 0.5) is 11.4 Å². The summed E-state index contributed by atoms with van der Waals surface area (Å²) in [7, 11) is 0. The second kappa shape index (κ2) is 6.21. The summed E-state index contributed by atoms with van der Waals surface area (Å²) in [5.41, 5.74) is 5.26. The predicted molar refractivity (Wildman–Crippen MR) is 101 cm³/mol. The van der Waals surface area contributed by atoms with Gasteiger partial charge in [0, 0.05) is 35.2 Å². The van der Waals surface area contributed by atoms with E-state index in [2.05, 4.69) is 31.5 Å². The molecule has 5 rings (SSSR count). The Labute approximate surface area is 154 Å². The first-order chi connectivity index (χ1) is 13.3. The van der Waals surface area contributed by atoms with Crippen LogP contribution >= 0.6 is 0 Å². The normalized spacial score (nSPS) is 14.6. The number of pyridine rings is 1. The van der Waals surface area contributed by atoms with E-state index in [9.17, 15) is 0 Å². The number of nitrogens with zero attached hydrogens (tertiary/aromatic N) is 4. The number of furan rings is 1. The van der Waals surface area contributed by atoms with Gasteiger partial charge >= 0.3 is 0 Å². The number of nitrogens with one attached hydrogen (secondary N) is 1. The Kier molecular flexibility index (Phi) is 3.57. The highest BCUT2D eigenvalue weighted by Gasteiger charge is 2.21. The number of oxime groups is 1. The molecule has 1 aliphatic carbocycles. The minimum absolute atomic E-state index is 0.507. The van der Waals surface area contributed by atoms with E-state index in [1.807, 2.05) is 18.2 Å². The van der Waals surface area contributed by atoms with Gasteiger partial charge in [0.1, 0.15) is 0 Å². The van der Waals surface area contributed by atoms with Crippen LogP contribution in [0.25, 0.3) is 22.6 Å². The molecule has 1 aromatic carbocycles. The van der Waals surface area contributed by atoms with Gasteiger partial charge in [-0.1, -0.05) is 11.2 Å². The van der Waals surface area contributed by atoms with Crippen molar-refractivity contribution in [3.05, 3.63) is 66.2 Å². The first-order valence-electron chi connectivity index (χ1n) is 8.58. The molecule has 3 aromatic heterocycles. The van der Waals surface area contributed by atoms with Crippen LogP contribution in [0.3, 0.4) is 0 Å². The highest BCUT2D eigenvalue weighted by atomic mass is 16.4. The second-order valence-corrected chi connectivity index (χ2v) is 6.29. The van der Waals surface area contributed by atoms with Crippen LogP contribution < -0.4 is 5.32 Å². The molecule has 0 saturated carbocycles. The summed E-state index contributed by atoms with van der Waals surface area (Å²) >= 11 is 0. The molecule has 3 heterocycles. The lowest BCUT2D eigenvalue weighted by Gasteiger charge is -2.09. The summed E-state index contributed by atoms with van der Waals surface area (Å²) in [4.78, 5) is 12.8. The third-order valence-corrected chi connectivity index (χ3v) is 4.70. The van der Waals surface area contributed by atoms with E-state index >= 15 is 0 Å². The van der Waals surface area contributed by atoms with Crippen molar-refractivity contribution in [3.8, 4) is 11.6 Å². The van der Waals surface area contributed by atoms with Gasteiger partial charge in [-0.3, -0.25) is 4.98 Å². The Morgan fingerprint density at radius 2 is 1.96 bits per heavy atom. The summed E-state index contributed by atoms with van der Waals surface area (Å²) in [5.74, 6) is 1.07. The van der Waals surface area contributed by atoms with Crippen LogP contribution in [-0.2, 0) is 6.42 Å². The number of fused-ring (bicyclic) bond motifs is 2. The molecule has 27 heavy (non-hydrogen) atoms. The van der Waals surface area contributed by atoms with Crippen LogP contribution in [0, 0.1) is 0 Å². The van der Waals surface area contributed by atoms with Gasteiger partial charge in [-0.15, -0.1) is 0 Å². The fraction of sp³-hybridized carbons (Fsp3) is 0.100. The topological polar surface area (TPSA) is 96.4 Å². The molecule has 1 aliphatic rings. The van der Waals surface area contributed by atoms with Crippen LogP contribution in [0.2, 0.25) is 0 Å². The lowest BCUT2D eigenvalue weighted by molar-refractivity contribution is 0.318. The number of aromatic nitrogens is 3. The van der Waals surface area contributed by atoms with Crippen LogP contribution in [0.15, 0.2) is 64.7 Å². The Morgan fingerprint density at radius 1 is 1.07 bits per heavy atom. The highest BCUT2D eigenvalue weighted by Crippen LogP contribution is 2.38. The van der Waals surface area contributed by atoms with Gasteiger partial charge in [0.05, 0.1) is 17.6 Å². The van der Waals surface area contributed by atoms with E-state index in [0.717, 1.165) is 46.4 Å². The van der Waals surface area contributed by atoms with Gasteiger partial charge in [0.15, 0.2) is 17.2 Å². The Hall–Kier alpha value is -3.74. The molecular formula is C20H15N5O2. The van der Waals surface area contributed by atoms with Crippen LogP contribution in [-0.4, -0.2) is 25.9 Å². The second-order valence-electron chi connectivity index (χ2n) is 6.29. The van der Waals surface area contributed by atoms with Gasteiger partial charge in [-0.2, -0.15) is 0 Å². The average Bonchev–Trinajstić information content (AvgIpc) is 3.30. The number of aryl methyl sites for hydroxylation is 1. The quantitative estimate of drug-likeness (QED) is 0.422. The van der Waals surface area contributed by atoms with Crippen molar-refractivity contribution in [2.45, 2.75) is 12.8 Å². The van der Waals surface area contributed by atoms with E-state index in [-0.39, 0.29) is 0 Å². The third kappa shape index (κ3) is 2.60. The van der Waals surface area contributed by atoms with Crippen molar-refractivity contribution in [3.63, 3.8) is 0 Å². The SMILES string of the molecule is O/N=C1\CCc2cc(Nc3c(-c4ncccn4)oc4cnccc34)ccc21. The first kappa shape index (κ1) is 15.5. The zero-order valence-corrected chi connectivity index (χ0v) is 14.3. The summed E-state index contributed by atoms with van der Waals surface area (Å²) in [5, 5.41) is 16.9. The molecule has 0 amide bonds. The van der Waals surface area contributed by atoms with E-state index in [1.54, 1.807) is 30.9 Å². The van der Waals surface area contributed by atoms with Crippen LogP contribution in [0.5, 0.6) is 0 Å². The molecule has 0 bridgehead atoms. The summed E-state index contributed by atoms with van der Waals surface area (Å²) < 4.78 is 5.98. The predicted octanol–water partition coefficient (Wildman–Crippen LogP) is 4.15. The van der Waals surface area contributed by atoms with Gasteiger partial charge < -0.3 is 14.9 Å². The highest BCUT2D eigenvalue weighted by molar-refractivity contribution is 6.05. The molecular weight excluding hydrogens is 342 g/mol. The molecule has 0 atom stereocenters. The third-order valence-electron chi connectivity index (χ3n) is 4.70. The van der Waals surface area contributed by atoms with Crippen molar-refractivity contribution in [1.29, 1.82) is 0 Å². The smallest absolute Gasteiger partial charge is 0.197 e. The van der Waals surface area contributed by atoms with Gasteiger partial charge in [-0.05, 0) is 42.7 Å². The van der Waals surface area contributed by atoms with E-state index in [4.69, 9.17) is 9.62 Å². The largest absolute Gasteiger partial charge is 0.449 e. The van der Waals surface area contributed by atoms with Crippen molar-refractivity contribution in [2.75, 3.05) is 5.32 Å². The molecule has 0 aliphatic heterocycles.